The normalized spacial score (nSPS) is 25.6. The van der Waals surface area contributed by atoms with E-state index in [0.29, 0.717) is 37.7 Å². The third-order valence-corrected chi connectivity index (χ3v) is 10.4. The molecule has 2 N–H and O–H groups in total. The number of fused-ring (bicyclic) bond motifs is 1. The first kappa shape index (κ1) is 39.3. The Kier molecular flexibility index (Phi) is 12.4. The second-order valence-corrected chi connectivity index (χ2v) is 16.5. The van der Waals surface area contributed by atoms with Crippen molar-refractivity contribution in [1.29, 1.82) is 0 Å². The molecule has 0 saturated carbocycles. The highest BCUT2D eigenvalue weighted by Crippen LogP contribution is 2.59. The third kappa shape index (κ3) is 8.17. The van der Waals surface area contributed by atoms with Crippen molar-refractivity contribution in [3.63, 3.8) is 0 Å². The summed E-state index contributed by atoms with van der Waals surface area (Å²) < 4.78 is 12.9. The van der Waals surface area contributed by atoms with E-state index < -0.39 is 53.2 Å². The standard InChI is InChI=1S/C40H59N3O7/c1-10-12-18-31(45)41-23-30(27-16-14-13-15-17-27)49-37(48)32-29-19-20-40(50-29)33(32)35(46)43(28(24-44)22-26(3)4)34(40)36(47)42(21-11-2)39(8,9)25-38(5,6)7/h10-11,13-17,26,28-30,32-34,44H,1-2,12,18-25H2,3-9H3,(H,41,45)/t28-,29+,30-,32-,33-,34+,40-/m1/s1. The number of nitrogens with one attached hydrogen (secondary N) is 1. The van der Waals surface area contributed by atoms with Crippen LogP contribution >= 0.6 is 0 Å². The highest BCUT2D eigenvalue weighted by molar-refractivity contribution is 5.98. The first-order valence-corrected chi connectivity index (χ1v) is 18.2. The molecule has 276 valence electrons. The number of hydrogen-bond donors (Lipinski definition) is 2. The van der Waals surface area contributed by atoms with E-state index in [1.807, 2.05) is 58.0 Å². The van der Waals surface area contributed by atoms with E-state index in [0.717, 1.165) is 0 Å². The zero-order valence-corrected chi connectivity index (χ0v) is 31.2. The molecule has 3 amide bonds. The van der Waals surface area contributed by atoms with E-state index in [1.54, 1.807) is 22.0 Å². The minimum Gasteiger partial charge on any atom is -0.455 e. The molecule has 3 saturated heterocycles. The number of rotatable bonds is 17. The summed E-state index contributed by atoms with van der Waals surface area (Å²) in [6, 6.07) is 7.50. The maximum atomic E-state index is 15.1. The Morgan fingerprint density at radius 1 is 1.14 bits per heavy atom. The van der Waals surface area contributed by atoms with Crippen LogP contribution in [0.3, 0.4) is 0 Å². The van der Waals surface area contributed by atoms with Crippen molar-refractivity contribution in [2.45, 2.75) is 122 Å². The zero-order valence-electron chi connectivity index (χ0n) is 31.2. The predicted octanol–water partition coefficient (Wildman–Crippen LogP) is 5.36. The van der Waals surface area contributed by atoms with Crippen LogP contribution in [0.1, 0.15) is 98.7 Å². The summed E-state index contributed by atoms with van der Waals surface area (Å²) in [6.45, 7) is 22.1. The largest absolute Gasteiger partial charge is 0.455 e. The maximum absolute atomic E-state index is 15.1. The topological polar surface area (TPSA) is 125 Å². The fourth-order valence-corrected chi connectivity index (χ4v) is 8.80. The van der Waals surface area contributed by atoms with Crippen molar-refractivity contribution in [2.75, 3.05) is 19.7 Å². The molecular formula is C40H59N3O7. The smallest absolute Gasteiger partial charge is 0.313 e. The molecular weight excluding hydrogens is 634 g/mol. The van der Waals surface area contributed by atoms with Crippen LogP contribution in [-0.2, 0) is 28.7 Å². The first-order valence-electron chi connectivity index (χ1n) is 18.2. The minimum absolute atomic E-state index is 0.0569. The van der Waals surface area contributed by atoms with Gasteiger partial charge in [-0.25, -0.2) is 0 Å². The van der Waals surface area contributed by atoms with Crippen LogP contribution in [0.5, 0.6) is 0 Å². The zero-order chi connectivity index (χ0) is 37.0. The number of carbonyl (C=O) groups is 4. The van der Waals surface area contributed by atoms with Gasteiger partial charge in [0.15, 0.2) is 0 Å². The fraction of sp³-hybridized carbons (Fsp3) is 0.650. The summed E-state index contributed by atoms with van der Waals surface area (Å²) in [4.78, 5) is 60.0. The Balaban J connectivity index is 1.73. The monoisotopic (exact) mass is 693 g/mol. The lowest BCUT2D eigenvalue weighted by molar-refractivity contribution is -0.161. The van der Waals surface area contributed by atoms with Gasteiger partial charge in [-0.3, -0.25) is 19.2 Å². The number of likely N-dealkylation sites (tertiary alicyclic amines) is 1. The number of amides is 3. The quantitative estimate of drug-likeness (QED) is 0.166. The van der Waals surface area contributed by atoms with Gasteiger partial charge in [0.2, 0.25) is 17.7 Å². The lowest BCUT2D eigenvalue weighted by atomic mass is 9.70. The number of benzene rings is 1. The van der Waals surface area contributed by atoms with E-state index in [-0.39, 0.29) is 55.2 Å². The van der Waals surface area contributed by atoms with Gasteiger partial charge in [0.25, 0.3) is 0 Å². The Morgan fingerprint density at radius 3 is 2.40 bits per heavy atom. The van der Waals surface area contributed by atoms with Crippen molar-refractivity contribution < 1.29 is 33.8 Å². The first-order chi connectivity index (χ1) is 23.5. The highest BCUT2D eigenvalue weighted by Gasteiger charge is 2.76. The second-order valence-electron chi connectivity index (χ2n) is 16.5. The SMILES string of the molecule is C=CCCC(=O)NC[C@@H](OC(=O)[C@@H]1[C@@H]2CC[C@]3(O2)[C@H](C(=O)N(CC=C)C(C)(C)CC(C)(C)C)N([C@@H](CO)CC(C)C)C(=O)[C@@H]13)c1ccccc1. The molecule has 0 aromatic heterocycles. The van der Waals surface area contributed by atoms with Gasteiger partial charge < -0.3 is 29.7 Å². The van der Waals surface area contributed by atoms with Crippen molar-refractivity contribution >= 4 is 23.7 Å². The van der Waals surface area contributed by atoms with Crippen LogP contribution in [0.15, 0.2) is 55.6 Å². The minimum atomic E-state index is -1.26. The molecule has 10 heteroatoms. The lowest BCUT2D eigenvalue weighted by Crippen LogP contribution is -2.62. The molecule has 3 heterocycles. The van der Waals surface area contributed by atoms with Gasteiger partial charge in [0.1, 0.15) is 17.7 Å². The summed E-state index contributed by atoms with van der Waals surface area (Å²) in [5.74, 6) is -3.21. The van der Waals surface area contributed by atoms with Crippen molar-refractivity contribution in [3.05, 3.63) is 61.2 Å². The molecule has 1 aromatic rings. The lowest BCUT2D eigenvalue weighted by Gasteiger charge is -2.46. The van der Waals surface area contributed by atoms with Gasteiger partial charge in [-0.1, -0.05) is 77.1 Å². The summed E-state index contributed by atoms with van der Waals surface area (Å²) in [6.07, 6.45) is 4.81. The van der Waals surface area contributed by atoms with Gasteiger partial charge in [-0.2, -0.15) is 0 Å². The number of hydrogen-bond acceptors (Lipinski definition) is 7. The van der Waals surface area contributed by atoms with Crippen LogP contribution in [-0.4, -0.2) is 87.6 Å². The van der Waals surface area contributed by atoms with Gasteiger partial charge in [0.05, 0.1) is 37.1 Å². The number of ether oxygens (including phenoxy) is 2. The summed E-state index contributed by atoms with van der Waals surface area (Å²) in [7, 11) is 0. The third-order valence-electron chi connectivity index (χ3n) is 10.4. The predicted molar refractivity (Wildman–Crippen MR) is 193 cm³/mol. The van der Waals surface area contributed by atoms with E-state index in [2.05, 4.69) is 39.2 Å². The molecule has 0 unspecified atom stereocenters. The van der Waals surface area contributed by atoms with Crippen molar-refractivity contribution in [2.24, 2.45) is 23.2 Å². The van der Waals surface area contributed by atoms with Gasteiger partial charge >= 0.3 is 5.97 Å². The molecule has 1 spiro atoms. The summed E-state index contributed by atoms with van der Waals surface area (Å²) >= 11 is 0. The highest BCUT2D eigenvalue weighted by atomic mass is 16.6. The van der Waals surface area contributed by atoms with Crippen LogP contribution < -0.4 is 5.32 Å². The molecule has 4 rings (SSSR count). The number of allylic oxidation sites excluding steroid dienone is 1. The number of nitrogens with zero attached hydrogens (tertiary/aromatic N) is 2. The molecule has 0 radical (unpaired) electrons. The Bertz CT molecular complexity index is 1400. The molecule has 3 fully saturated rings. The van der Waals surface area contributed by atoms with E-state index in [1.165, 1.54) is 0 Å². The van der Waals surface area contributed by atoms with Crippen LogP contribution in [0.4, 0.5) is 0 Å². The average Bonchev–Trinajstić information content (AvgIpc) is 3.69. The van der Waals surface area contributed by atoms with Crippen molar-refractivity contribution in [1.82, 2.24) is 15.1 Å². The molecule has 3 aliphatic heterocycles. The van der Waals surface area contributed by atoms with Gasteiger partial charge in [-0.05, 0) is 62.8 Å². The Labute approximate surface area is 298 Å². The Hall–Kier alpha value is -3.50. The number of aliphatic hydroxyl groups excluding tert-OH is 1. The van der Waals surface area contributed by atoms with E-state index >= 15 is 4.79 Å². The van der Waals surface area contributed by atoms with Crippen LogP contribution in [0, 0.1) is 23.2 Å². The number of carbonyl (C=O) groups excluding carboxylic acids is 4. The van der Waals surface area contributed by atoms with Crippen LogP contribution in [0.2, 0.25) is 0 Å². The van der Waals surface area contributed by atoms with E-state index in [9.17, 15) is 19.5 Å². The molecule has 0 aliphatic carbocycles. The maximum Gasteiger partial charge on any atom is 0.313 e. The van der Waals surface area contributed by atoms with Crippen LogP contribution in [0.25, 0.3) is 0 Å². The summed E-state index contributed by atoms with van der Waals surface area (Å²) in [5, 5.41) is 13.6. The molecule has 2 bridgehead atoms. The fourth-order valence-electron chi connectivity index (χ4n) is 8.80. The number of aliphatic hydroxyl groups is 1. The van der Waals surface area contributed by atoms with Gasteiger partial charge in [-0.15, -0.1) is 13.2 Å². The molecule has 10 nitrogen and oxygen atoms in total. The Morgan fingerprint density at radius 2 is 1.82 bits per heavy atom. The van der Waals surface area contributed by atoms with E-state index in [4.69, 9.17) is 9.47 Å². The second kappa shape index (κ2) is 15.8. The average molecular weight is 694 g/mol. The molecule has 1 aromatic carbocycles. The molecule has 50 heavy (non-hydrogen) atoms. The van der Waals surface area contributed by atoms with Gasteiger partial charge in [0, 0.05) is 18.5 Å². The summed E-state index contributed by atoms with van der Waals surface area (Å²) in [5.41, 5.74) is -1.26. The van der Waals surface area contributed by atoms with Crippen molar-refractivity contribution in [3.8, 4) is 0 Å². The molecule has 7 atom stereocenters. The number of esters is 1. The molecule has 3 aliphatic rings.